The van der Waals surface area contributed by atoms with Crippen LogP contribution in [0.15, 0.2) is 83.8 Å². The summed E-state index contributed by atoms with van der Waals surface area (Å²) in [5.41, 5.74) is 2.20. The molecular weight excluding hydrogens is 526 g/mol. The van der Waals surface area contributed by atoms with Crippen molar-refractivity contribution >= 4 is 27.5 Å². The molecule has 8 nitrogen and oxygen atoms in total. The molecule has 0 spiro atoms. The summed E-state index contributed by atoms with van der Waals surface area (Å²) in [6.07, 6.45) is 0.750. The zero-order chi connectivity index (χ0) is 29.3. The van der Waals surface area contributed by atoms with Crippen LogP contribution < -0.4 is 14.4 Å². The van der Waals surface area contributed by atoms with Crippen molar-refractivity contribution < 1.29 is 22.7 Å². The van der Waals surface area contributed by atoms with Crippen LogP contribution in [0.3, 0.4) is 0 Å². The van der Waals surface area contributed by atoms with E-state index in [-0.39, 0.29) is 23.3 Å². The highest BCUT2D eigenvalue weighted by Crippen LogP contribution is 2.26. The van der Waals surface area contributed by atoms with Gasteiger partial charge in [-0.05, 0) is 66.8 Å². The van der Waals surface area contributed by atoms with Gasteiger partial charge in [0.05, 0.1) is 17.7 Å². The number of rotatable bonds is 13. The van der Waals surface area contributed by atoms with Gasteiger partial charge in [0.2, 0.25) is 11.8 Å². The summed E-state index contributed by atoms with van der Waals surface area (Å²) in [5.74, 6) is 0.127. The molecule has 1 N–H and O–H groups in total. The lowest BCUT2D eigenvalue weighted by Crippen LogP contribution is -2.51. The molecule has 3 aromatic carbocycles. The Morgan fingerprint density at radius 3 is 2.08 bits per heavy atom. The fourth-order valence-electron chi connectivity index (χ4n) is 4.18. The molecule has 3 rings (SSSR count). The van der Waals surface area contributed by atoms with Crippen molar-refractivity contribution in [2.45, 2.75) is 57.5 Å². The van der Waals surface area contributed by atoms with Gasteiger partial charge in [-0.2, -0.15) is 0 Å². The van der Waals surface area contributed by atoms with Gasteiger partial charge >= 0.3 is 0 Å². The van der Waals surface area contributed by atoms with E-state index in [9.17, 15) is 18.0 Å². The largest absolute Gasteiger partial charge is 0.497 e. The van der Waals surface area contributed by atoms with E-state index in [2.05, 4.69) is 19.2 Å². The van der Waals surface area contributed by atoms with E-state index in [1.165, 1.54) is 17.0 Å². The van der Waals surface area contributed by atoms with Crippen LogP contribution in [-0.4, -0.2) is 51.4 Å². The van der Waals surface area contributed by atoms with Crippen molar-refractivity contribution in [2.24, 2.45) is 0 Å². The van der Waals surface area contributed by atoms with E-state index in [1.54, 1.807) is 56.5 Å². The van der Waals surface area contributed by atoms with Crippen LogP contribution in [0.25, 0.3) is 0 Å². The first kappa shape index (κ1) is 30.7. The monoisotopic (exact) mass is 565 g/mol. The van der Waals surface area contributed by atoms with Crippen molar-refractivity contribution in [3.8, 4) is 5.75 Å². The lowest BCUT2D eigenvalue weighted by Gasteiger charge is -2.32. The molecule has 0 saturated heterocycles. The number of amides is 2. The molecule has 2 amide bonds. The Hall–Kier alpha value is -3.85. The minimum atomic E-state index is -4.09. The number of ether oxygens (including phenoxy) is 1. The number of nitrogens with zero attached hydrogens (tertiary/aromatic N) is 2. The van der Waals surface area contributed by atoms with E-state index < -0.39 is 28.5 Å². The highest BCUT2D eigenvalue weighted by molar-refractivity contribution is 7.92. The van der Waals surface area contributed by atoms with Crippen LogP contribution in [0.2, 0.25) is 0 Å². The average molecular weight is 566 g/mol. The minimum Gasteiger partial charge on any atom is -0.497 e. The molecule has 0 fully saturated rings. The number of carbonyl (C=O) groups is 2. The second-order valence-electron chi connectivity index (χ2n) is 9.91. The summed E-state index contributed by atoms with van der Waals surface area (Å²) >= 11 is 0. The van der Waals surface area contributed by atoms with E-state index in [1.807, 2.05) is 31.2 Å². The van der Waals surface area contributed by atoms with Crippen molar-refractivity contribution in [1.82, 2.24) is 10.2 Å². The molecule has 3 aromatic rings. The lowest BCUT2D eigenvalue weighted by molar-refractivity contribution is -0.139. The summed E-state index contributed by atoms with van der Waals surface area (Å²) in [7, 11) is -2.52. The van der Waals surface area contributed by atoms with Crippen molar-refractivity contribution in [3.63, 3.8) is 0 Å². The Kier molecular flexibility index (Phi) is 10.7. The van der Waals surface area contributed by atoms with Gasteiger partial charge in [0.15, 0.2) is 0 Å². The number of carbonyl (C=O) groups excluding carboxylic acids is 2. The van der Waals surface area contributed by atoms with Gasteiger partial charge in [0.25, 0.3) is 10.0 Å². The summed E-state index contributed by atoms with van der Waals surface area (Å²) in [4.78, 5) is 28.4. The number of methoxy groups -OCH3 is 1. The molecule has 0 aromatic heterocycles. The van der Waals surface area contributed by atoms with E-state index in [0.717, 1.165) is 21.9 Å². The van der Waals surface area contributed by atoms with E-state index in [0.29, 0.717) is 18.0 Å². The maximum absolute atomic E-state index is 13.9. The normalized spacial score (nSPS) is 12.1. The van der Waals surface area contributed by atoms with Crippen LogP contribution in [-0.2, 0) is 26.2 Å². The maximum atomic E-state index is 13.9. The number of nitrogens with one attached hydrogen (secondary N) is 1. The lowest BCUT2D eigenvalue weighted by atomic mass is 10.0. The Labute approximate surface area is 238 Å². The molecule has 0 heterocycles. The summed E-state index contributed by atoms with van der Waals surface area (Å²) < 4.78 is 34.0. The van der Waals surface area contributed by atoms with Crippen molar-refractivity contribution in [3.05, 3.63) is 90.0 Å². The molecular formula is C31H39N3O5S. The predicted octanol–water partition coefficient (Wildman–Crippen LogP) is 4.96. The second-order valence-corrected chi connectivity index (χ2v) is 11.8. The molecule has 0 bridgehead atoms. The SMILES string of the molecule is CCCNC(=O)[C@@H](C)N(Cc1ccc(OC)cc1)C(=O)CN(c1ccc(C(C)C)cc1)S(=O)(=O)c1ccccc1. The molecule has 0 radical (unpaired) electrons. The molecule has 9 heteroatoms. The Morgan fingerprint density at radius 2 is 1.52 bits per heavy atom. The summed E-state index contributed by atoms with van der Waals surface area (Å²) in [6.45, 7) is 7.83. The third-order valence-corrected chi connectivity index (χ3v) is 8.47. The van der Waals surface area contributed by atoms with Crippen LogP contribution >= 0.6 is 0 Å². The molecule has 0 aliphatic heterocycles. The Bertz CT molecular complexity index is 1360. The van der Waals surface area contributed by atoms with Gasteiger partial charge in [-0.3, -0.25) is 13.9 Å². The number of hydrogen-bond donors (Lipinski definition) is 1. The third-order valence-electron chi connectivity index (χ3n) is 6.69. The highest BCUT2D eigenvalue weighted by Gasteiger charge is 2.32. The van der Waals surface area contributed by atoms with Gasteiger partial charge in [-0.15, -0.1) is 0 Å². The molecule has 214 valence electrons. The molecule has 0 aliphatic rings. The number of hydrogen-bond acceptors (Lipinski definition) is 5. The summed E-state index contributed by atoms with van der Waals surface area (Å²) in [5, 5.41) is 2.84. The van der Waals surface area contributed by atoms with E-state index in [4.69, 9.17) is 4.74 Å². The molecule has 40 heavy (non-hydrogen) atoms. The molecule has 0 saturated carbocycles. The first-order chi connectivity index (χ1) is 19.1. The first-order valence-corrected chi connectivity index (χ1v) is 14.9. The number of anilines is 1. The number of benzene rings is 3. The quantitative estimate of drug-likeness (QED) is 0.316. The van der Waals surface area contributed by atoms with Gasteiger partial charge in [-0.25, -0.2) is 8.42 Å². The van der Waals surface area contributed by atoms with Gasteiger partial charge in [-0.1, -0.05) is 63.2 Å². The highest BCUT2D eigenvalue weighted by atomic mass is 32.2. The Balaban J connectivity index is 2.01. The third kappa shape index (κ3) is 7.63. The second kappa shape index (κ2) is 14.0. The maximum Gasteiger partial charge on any atom is 0.264 e. The van der Waals surface area contributed by atoms with Crippen LogP contribution in [0.4, 0.5) is 5.69 Å². The van der Waals surface area contributed by atoms with Crippen LogP contribution in [0.5, 0.6) is 5.75 Å². The van der Waals surface area contributed by atoms with Crippen LogP contribution in [0.1, 0.15) is 51.2 Å². The van der Waals surface area contributed by atoms with Gasteiger partial charge in [0.1, 0.15) is 18.3 Å². The van der Waals surface area contributed by atoms with Crippen LogP contribution in [0, 0.1) is 0 Å². The Morgan fingerprint density at radius 1 is 0.900 bits per heavy atom. The molecule has 1 atom stereocenters. The standard InChI is InChI=1S/C31H39N3O5S/c1-6-20-32-31(36)24(4)33(21-25-12-18-28(39-5)19-13-25)30(35)22-34(27-16-14-26(15-17-27)23(2)3)40(37,38)29-10-8-7-9-11-29/h7-19,23-24H,6,20-22H2,1-5H3,(H,32,36)/t24-/m1/s1. The zero-order valence-corrected chi connectivity index (χ0v) is 24.6. The minimum absolute atomic E-state index is 0.0752. The zero-order valence-electron chi connectivity index (χ0n) is 23.8. The molecule has 0 unspecified atom stereocenters. The predicted molar refractivity (Wildman–Crippen MR) is 158 cm³/mol. The summed E-state index contributed by atoms with van der Waals surface area (Å²) in [6, 6.07) is 21.6. The van der Waals surface area contributed by atoms with Crippen molar-refractivity contribution in [2.75, 3.05) is 24.5 Å². The fraction of sp³-hybridized carbons (Fsp3) is 0.355. The number of sulfonamides is 1. The average Bonchev–Trinajstić information content (AvgIpc) is 2.97. The topological polar surface area (TPSA) is 96.0 Å². The molecule has 0 aliphatic carbocycles. The smallest absolute Gasteiger partial charge is 0.264 e. The van der Waals surface area contributed by atoms with Gasteiger partial charge in [0, 0.05) is 13.1 Å². The van der Waals surface area contributed by atoms with Crippen molar-refractivity contribution in [1.29, 1.82) is 0 Å². The van der Waals surface area contributed by atoms with Gasteiger partial charge < -0.3 is 15.0 Å². The first-order valence-electron chi connectivity index (χ1n) is 13.5. The fourth-order valence-corrected chi connectivity index (χ4v) is 5.62. The van der Waals surface area contributed by atoms with E-state index >= 15 is 0 Å².